The molecule has 0 aliphatic heterocycles. The van der Waals surface area contributed by atoms with Gasteiger partial charge in [0.15, 0.2) is 15.0 Å². The number of benzene rings is 2. The number of nitrogens with zero attached hydrogens (tertiary/aromatic N) is 2. The van der Waals surface area contributed by atoms with Crippen LogP contribution in [0.2, 0.25) is 5.02 Å². The Morgan fingerprint density at radius 2 is 1.94 bits per heavy atom. The van der Waals surface area contributed by atoms with Crippen LogP contribution >= 0.6 is 22.9 Å². The molecule has 0 aliphatic carbocycles. The number of aromatic nitrogens is 1. The van der Waals surface area contributed by atoms with Crippen LogP contribution in [-0.4, -0.2) is 32.2 Å². The van der Waals surface area contributed by atoms with Crippen molar-refractivity contribution in [3.8, 4) is 5.75 Å². The molecule has 32 heavy (non-hydrogen) atoms. The quantitative estimate of drug-likeness (QED) is 0.367. The van der Waals surface area contributed by atoms with Gasteiger partial charge in [0.05, 0.1) is 35.0 Å². The summed E-state index contributed by atoms with van der Waals surface area (Å²) in [6.07, 6.45) is 1.49. The zero-order valence-corrected chi connectivity index (χ0v) is 19.6. The summed E-state index contributed by atoms with van der Waals surface area (Å²) >= 11 is 7.50. The Labute approximate surface area is 194 Å². The summed E-state index contributed by atoms with van der Waals surface area (Å²) in [5.74, 6) is -0.289. The topological polar surface area (TPSA) is 89.7 Å². The molecule has 0 saturated heterocycles. The number of hydrogen-bond donors (Lipinski definition) is 0. The molecule has 166 valence electrons. The molecule has 0 atom stereocenters. The van der Waals surface area contributed by atoms with Crippen molar-refractivity contribution in [2.45, 2.75) is 18.4 Å². The average Bonchev–Trinajstić information content (AvgIpc) is 3.44. The van der Waals surface area contributed by atoms with E-state index in [0.717, 1.165) is 10.3 Å². The molecular weight excluding hydrogens is 472 g/mol. The normalized spacial score (nSPS) is 11.6. The maximum Gasteiger partial charge on any atom is 0.244 e. The second kappa shape index (κ2) is 8.93. The molecule has 2 heterocycles. The largest absolute Gasteiger partial charge is 0.497 e. The molecule has 0 aliphatic rings. The molecule has 0 saturated carbocycles. The van der Waals surface area contributed by atoms with E-state index in [1.54, 1.807) is 18.2 Å². The van der Waals surface area contributed by atoms with E-state index in [1.165, 1.54) is 53.9 Å². The number of aryl methyl sites for hydroxylation is 1. The highest BCUT2D eigenvalue weighted by molar-refractivity contribution is 7.92. The van der Waals surface area contributed by atoms with Crippen LogP contribution in [0.15, 0.2) is 64.1 Å². The zero-order chi connectivity index (χ0) is 22.9. The number of carbonyl (C=O) groups excluding carboxylic acids is 1. The molecule has 0 N–H and O–H groups in total. The molecule has 7 nitrogen and oxygen atoms in total. The van der Waals surface area contributed by atoms with E-state index in [2.05, 4.69) is 4.98 Å². The number of hydrogen-bond acceptors (Lipinski definition) is 7. The van der Waals surface area contributed by atoms with Gasteiger partial charge >= 0.3 is 0 Å². The van der Waals surface area contributed by atoms with Crippen LogP contribution in [-0.2, 0) is 21.2 Å². The van der Waals surface area contributed by atoms with Gasteiger partial charge in [0.1, 0.15) is 17.3 Å². The molecule has 2 aromatic heterocycles. The lowest BCUT2D eigenvalue weighted by molar-refractivity contribution is -0.116. The van der Waals surface area contributed by atoms with Gasteiger partial charge in [-0.2, -0.15) is 0 Å². The minimum atomic E-state index is -3.88. The lowest BCUT2D eigenvalue weighted by Crippen LogP contribution is -2.35. The fraction of sp³-hybridized carbons (Fsp3) is 0.182. The van der Waals surface area contributed by atoms with Gasteiger partial charge in [0.25, 0.3) is 0 Å². The SMILES string of the molecule is COc1ccc(S(=O)(=O)CC(=O)N(Cc2ccco2)c2nc3c(C)c(Cl)ccc3s2)cc1. The first-order valence-electron chi connectivity index (χ1n) is 9.53. The van der Waals surface area contributed by atoms with E-state index in [9.17, 15) is 13.2 Å². The van der Waals surface area contributed by atoms with Gasteiger partial charge in [-0.05, 0) is 61.0 Å². The second-order valence-corrected chi connectivity index (χ2v) is 10.4. The highest BCUT2D eigenvalue weighted by Gasteiger charge is 2.28. The number of rotatable bonds is 7. The number of halogens is 1. The summed E-state index contributed by atoms with van der Waals surface area (Å²) in [5.41, 5.74) is 1.47. The number of carbonyl (C=O) groups is 1. The predicted molar refractivity (Wildman–Crippen MR) is 124 cm³/mol. The van der Waals surface area contributed by atoms with Crippen molar-refractivity contribution in [2.24, 2.45) is 0 Å². The number of methoxy groups -OCH3 is 1. The molecule has 1 amide bonds. The van der Waals surface area contributed by atoms with E-state index >= 15 is 0 Å². The Kier molecular flexibility index (Phi) is 6.23. The van der Waals surface area contributed by atoms with Crippen LogP contribution in [0.4, 0.5) is 5.13 Å². The third-order valence-corrected chi connectivity index (χ3v) is 7.97. The zero-order valence-electron chi connectivity index (χ0n) is 17.2. The first kappa shape index (κ1) is 22.3. The molecule has 0 radical (unpaired) electrons. The van der Waals surface area contributed by atoms with Crippen LogP contribution in [0.25, 0.3) is 10.2 Å². The number of furan rings is 1. The van der Waals surface area contributed by atoms with Gasteiger partial charge in [0.2, 0.25) is 5.91 Å². The number of sulfone groups is 1. The summed E-state index contributed by atoms with van der Waals surface area (Å²) in [4.78, 5) is 19.2. The molecule has 0 spiro atoms. The minimum absolute atomic E-state index is 0.0384. The van der Waals surface area contributed by atoms with Crippen molar-refractivity contribution in [1.29, 1.82) is 0 Å². The summed E-state index contributed by atoms with van der Waals surface area (Å²) in [6, 6.07) is 12.9. The van der Waals surface area contributed by atoms with Gasteiger partial charge in [-0.3, -0.25) is 9.69 Å². The van der Waals surface area contributed by atoms with Crippen molar-refractivity contribution in [3.05, 3.63) is 71.1 Å². The Bertz CT molecular complexity index is 1360. The summed E-state index contributed by atoms with van der Waals surface area (Å²) < 4.78 is 37.1. The van der Waals surface area contributed by atoms with Gasteiger partial charge in [-0.1, -0.05) is 22.9 Å². The van der Waals surface area contributed by atoms with Gasteiger partial charge < -0.3 is 9.15 Å². The van der Waals surface area contributed by atoms with E-state index < -0.39 is 21.5 Å². The first-order valence-corrected chi connectivity index (χ1v) is 12.4. The Balaban J connectivity index is 1.68. The maximum atomic E-state index is 13.2. The number of ether oxygens (including phenoxy) is 1. The fourth-order valence-corrected chi connectivity index (χ4v) is 5.52. The van der Waals surface area contributed by atoms with Gasteiger partial charge in [-0.25, -0.2) is 13.4 Å². The van der Waals surface area contributed by atoms with Crippen LogP contribution < -0.4 is 9.64 Å². The molecule has 0 unspecified atom stereocenters. The first-order chi connectivity index (χ1) is 15.3. The average molecular weight is 491 g/mol. The van der Waals surface area contributed by atoms with E-state index in [-0.39, 0.29) is 11.4 Å². The third-order valence-electron chi connectivity index (χ3n) is 4.89. The predicted octanol–water partition coefficient (Wildman–Crippen LogP) is 4.87. The number of amides is 1. The summed E-state index contributed by atoms with van der Waals surface area (Å²) in [6.45, 7) is 1.90. The van der Waals surface area contributed by atoms with Crippen LogP contribution in [0.1, 0.15) is 11.3 Å². The highest BCUT2D eigenvalue weighted by atomic mass is 35.5. The van der Waals surface area contributed by atoms with Crippen LogP contribution in [0, 0.1) is 6.92 Å². The number of fused-ring (bicyclic) bond motifs is 1. The maximum absolute atomic E-state index is 13.2. The smallest absolute Gasteiger partial charge is 0.244 e. The van der Waals surface area contributed by atoms with E-state index in [1.807, 2.05) is 13.0 Å². The minimum Gasteiger partial charge on any atom is -0.497 e. The third kappa shape index (κ3) is 4.50. The van der Waals surface area contributed by atoms with Crippen LogP contribution in [0.3, 0.4) is 0 Å². The highest BCUT2D eigenvalue weighted by Crippen LogP contribution is 2.34. The molecular formula is C22H19ClN2O5S2. The van der Waals surface area contributed by atoms with Crippen molar-refractivity contribution < 1.29 is 22.4 Å². The number of thiazole rings is 1. The molecule has 0 fully saturated rings. The Morgan fingerprint density at radius 1 is 1.19 bits per heavy atom. The molecule has 4 aromatic rings. The van der Waals surface area contributed by atoms with Crippen molar-refractivity contribution in [1.82, 2.24) is 4.98 Å². The van der Waals surface area contributed by atoms with Gasteiger partial charge in [-0.15, -0.1) is 0 Å². The molecule has 2 aromatic carbocycles. The Hall–Kier alpha value is -2.88. The van der Waals surface area contributed by atoms with Crippen molar-refractivity contribution in [3.63, 3.8) is 0 Å². The van der Waals surface area contributed by atoms with E-state index in [4.69, 9.17) is 20.8 Å². The lowest BCUT2D eigenvalue weighted by atomic mass is 10.2. The molecule has 0 bridgehead atoms. The van der Waals surface area contributed by atoms with Crippen molar-refractivity contribution >= 4 is 54.0 Å². The monoisotopic (exact) mass is 490 g/mol. The van der Waals surface area contributed by atoms with Crippen molar-refractivity contribution in [2.75, 3.05) is 17.8 Å². The summed E-state index contributed by atoms with van der Waals surface area (Å²) in [5, 5.41) is 0.942. The van der Waals surface area contributed by atoms with Gasteiger partial charge in [0, 0.05) is 5.02 Å². The fourth-order valence-electron chi connectivity index (χ4n) is 3.13. The molecule has 4 rings (SSSR count). The molecule has 10 heteroatoms. The Morgan fingerprint density at radius 3 is 2.59 bits per heavy atom. The standard InChI is InChI=1S/C22H19ClN2O5S2/c1-14-18(23)9-10-19-21(14)24-22(31-19)25(12-16-4-3-11-30-16)20(26)13-32(27,28)17-7-5-15(29-2)6-8-17/h3-11H,12-13H2,1-2H3. The van der Waals surface area contributed by atoms with E-state index in [0.29, 0.717) is 27.2 Å². The second-order valence-electron chi connectivity index (χ2n) is 7.01. The number of anilines is 1. The van der Waals surface area contributed by atoms with Crippen LogP contribution in [0.5, 0.6) is 5.75 Å². The summed E-state index contributed by atoms with van der Waals surface area (Å²) in [7, 11) is -2.39. The lowest BCUT2D eigenvalue weighted by Gasteiger charge is -2.18.